The molecule has 134 valence electrons. The maximum absolute atomic E-state index is 14.0. The van der Waals surface area contributed by atoms with Gasteiger partial charge >= 0.3 is 0 Å². The molecule has 27 heavy (non-hydrogen) atoms. The Morgan fingerprint density at radius 1 is 1.00 bits per heavy atom. The van der Waals surface area contributed by atoms with Gasteiger partial charge in [-0.2, -0.15) is 0 Å². The van der Waals surface area contributed by atoms with Gasteiger partial charge in [0.1, 0.15) is 28.9 Å². The van der Waals surface area contributed by atoms with E-state index < -0.39 is 11.7 Å². The summed E-state index contributed by atoms with van der Waals surface area (Å²) in [5, 5.41) is 2.86. The number of nitrogens with one attached hydrogen (secondary N) is 1. The average Bonchev–Trinajstić information content (AvgIpc) is 3.22. The van der Waals surface area contributed by atoms with Gasteiger partial charge in [0.25, 0.3) is 5.91 Å². The van der Waals surface area contributed by atoms with Crippen molar-refractivity contribution >= 4 is 35.0 Å². The van der Waals surface area contributed by atoms with Gasteiger partial charge < -0.3 is 9.73 Å². The molecule has 1 N–H and O–H groups in total. The van der Waals surface area contributed by atoms with Crippen molar-refractivity contribution in [3.63, 3.8) is 0 Å². The summed E-state index contributed by atoms with van der Waals surface area (Å²) in [4.78, 5) is 13.7. The minimum atomic E-state index is -0.548. The number of anilines is 1. The quantitative estimate of drug-likeness (QED) is 0.536. The number of nitrogens with zero attached hydrogens (tertiary/aromatic N) is 1. The number of halogens is 2. The number of benzene rings is 2. The van der Waals surface area contributed by atoms with Crippen LogP contribution in [-0.2, 0) is 4.79 Å². The molecule has 1 aliphatic rings. The van der Waals surface area contributed by atoms with Crippen molar-refractivity contribution in [1.82, 2.24) is 5.32 Å². The maximum Gasteiger partial charge on any atom is 0.281 e. The summed E-state index contributed by atoms with van der Waals surface area (Å²) in [6, 6.07) is 15.1. The van der Waals surface area contributed by atoms with Crippen molar-refractivity contribution in [1.29, 1.82) is 0 Å². The first-order chi connectivity index (χ1) is 13.0. The molecule has 1 amide bonds. The summed E-state index contributed by atoms with van der Waals surface area (Å²) in [7, 11) is 0. The van der Waals surface area contributed by atoms with Gasteiger partial charge in [0.2, 0.25) is 0 Å². The zero-order valence-electron chi connectivity index (χ0n) is 13.8. The fourth-order valence-corrected chi connectivity index (χ4v) is 3.02. The highest BCUT2D eigenvalue weighted by Gasteiger charge is 2.33. The van der Waals surface area contributed by atoms with Gasteiger partial charge in [0.05, 0.1) is 5.69 Å². The maximum atomic E-state index is 14.0. The number of thiocarbonyl (C=S) groups is 1. The summed E-state index contributed by atoms with van der Waals surface area (Å²) in [6.45, 7) is 0. The molecule has 1 aromatic heterocycles. The van der Waals surface area contributed by atoms with E-state index in [1.807, 2.05) is 0 Å². The third-order valence-electron chi connectivity index (χ3n) is 4.01. The normalized spacial score (nSPS) is 15.5. The van der Waals surface area contributed by atoms with Crippen LogP contribution in [0.2, 0.25) is 0 Å². The molecule has 4 nitrogen and oxygen atoms in total. The van der Waals surface area contributed by atoms with E-state index in [4.69, 9.17) is 16.6 Å². The largest absolute Gasteiger partial charge is 0.457 e. The highest BCUT2D eigenvalue weighted by Crippen LogP contribution is 2.27. The van der Waals surface area contributed by atoms with Crippen LogP contribution in [0.3, 0.4) is 0 Å². The van der Waals surface area contributed by atoms with Crippen molar-refractivity contribution in [3.8, 4) is 11.3 Å². The Balaban J connectivity index is 1.62. The van der Waals surface area contributed by atoms with Crippen LogP contribution in [-0.4, -0.2) is 11.0 Å². The fraction of sp³-hybridized carbons (Fsp3) is 0. The molecule has 1 fully saturated rings. The lowest BCUT2D eigenvalue weighted by Gasteiger charge is -2.14. The van der Waals surface area contributed by atoms with E-state index in [0.29, 0.717) is 17.1 Å². The molecule has 0 radical (unpaired) electrons. The Morgan fingerprint density at radius 2 is 1.74 bits per heavy atom. The van der Waals surface area contributed by atoms with Gasteiger partial charge in [-0.15, -0.1) is 0 Å². The van der Waals surface area contributed by atoms with Crippen LogP contribution < -0.4 is 10.2 Å². The molecular formula is C20H12F2N2O2S. The minimum Gasteiger partial charge on any atom is -0.457 e. The van der Waals surface area contributed by atoms with Gasteiger partial charge in [-0.1, -0.05) is 12.1 Å². The Bertz CT molecular complexity index is 1070. The van der Waals surface area contributed by atoms with Crippen LogP contribution in [0.4, 0.5) is 14.5 Å². The van der Waals surface area contributed by atoms with E-state index in [1.54, 1.807) is 30.3 Å². The number of furan rings is 1. The first kappa shape index (κ1) is 17.1. The molecule has 7 heteroatoms. The molecule has 1 saturated heterocycles. The minimum absolute atomic E-state index is 0.0786. The summed E-state index contributed by atoms with van der Waals surface area (Å²) >= 11 is 5.17. The monoisotopic (exact) mass is 382 g/mol. The lowest BCUT2D eigenvalue weighted by Crippen LogP contribution is -2.31. The van der Waals surface area contributed by atoms with Gasteiger partial charge in [-0.3, -0.25) is 4.79 Å². The van der Waals surface area contributed by atoms with E-state index in [0.717, 1.165) is 4.90 Å². The van der Waals surface area contributed by atoms with Gasteiger partial charge in [-0.05, 0) is 60.7 Å². The van der Waals surface area contributed by atoms with Crippen molar-refractivity contribution < 1.29 is 18.0 Å². The molecule has 0 spiro atoms. The van der Waals surface area contributed by atoms with Gasteiger partial charge in [0, 0.05) is 11.6 Å². The van der Waals surface area contributed by atoms with Crippen molar-refractivity contribution in [2.24, 2.45) is 0 Å². The number of hydrogen-bond acceptors (Lipinski definition) is 3. The molecule has 0 unspecified atom stereocenters. The highest BCUT2D eigenvalue weighted by atomic mass is 32.1. The smallest absolute Gasteiger partial charge is 0.281 e. The number of para-hydroxylation sites is 1. The number of carbonyl (C=O) groups is 1. The molecule has 1 aliphatic heterocycles. The van der Waals surface area contributed by atoms with Crippen LogP contribution in [0.1, 0.15) is 5.76 Å². The van der Waals surface area contributed by atoms with Gasteiger partial charge in [-0.25, -0.2) is 13.7 Å². The topological polar surface area (TPSA) is 45.5 Å². The van der Waals surface area contributed by atoms with Crippen LogP contribution in [0.5, 0.6) is 0 Å². The van der Waals surface area contributed by atoms with Crippen molar-refractivity contribution in [2.75, 3.05) is 4.90 Å². The zero-order chi connectivity index (χ0) is 19.0. The molecule has 4 rings (SSSR count). The standard InChI is InChI=1S/C20H12F2N2O2S/c21-13-7-5-12(6-8-13)18-10-9-14(26-18)11-16-19(25)24(20(27)23-16)17-4-2-1-3-15(17)22/h1-11H,(H,23,27)/b16-11+. The van der Waals surface area contributed by atoms with E-state index in [-0.39, 0.29) is 22.3 Å². The second-order valence-corrected chi connectivity index (χ2v) is 6.18. The van der Waals surface area contributed by atoms with Crippen LogP contribution >= 0.6 is 12.2 Å². The number of rotatable bonds is 3. The summed E-state index contributed by atoms with van der Waals surface area (Å²) in [6.07, 6.45) is 1.49. The molecular weight excluding hydrogens is 370 g/mol. The van der Waals surface area contributed by atoms with Crippen molar-refractivity contribution in [2.45, 2.75) is 0 Å². The second kappa shape index (κ2) is 6.77. The lowest BCUT2D eigenvalue weighted by atomic mass is 10.2. The molecule has 0 aliphatic carbocycles. The molecule has 0 saturated carbocycles. The Morgan fingerprint density at radius 3 is 2.48 bits per heavy atom. The van der Waals surface area contributed by atoms with E-state index in [2.05, 4.69) is 5.32 Å². The number of amides is 1. The highest BCUT2D eigenvalue weighted by molar-refractivity contribution is 7.80. The summed E-state index contributed by atoms with van der Waals surface area (Å²) in [5.74, 6) is -0.433. The van der Waals surface area contributed by atoms with Crippen molar-refractivity contribution in [3.05, 3.63) is 83.8 Å². The molecule has 3 aromatic rings. The summed E-state index contributed by atoms with van der Waals surface area (Å²) < 4.78 is 32.7. The number of carbonyl (C=O) groups excluding carboxylic acids is 1. The van der Waals surface area contributed by atoms with E-state index in [1.165, 1.54) is 36.4 Å². The molecule has 2 heterocycles. The van der Waals surface area contributed by atoms with Gasteiger partial charge in [0.15, 0.2) is 5.11 Å². The first-order valence-corrected chi connectivity index (χ1v) is 8.41. The summed E-state index contributed by atoms with van der Waals surface area (Å²) in [5.41, 5.74) is 0.952. The van der Waals surface area contributed by atoms with Crippen LogP contribution in [0.15, 0.2) is 70.8 Å². The van der Waals surface area contributed by atoms with E-state index >= 15 is 0 Å². The molecule has 0 bridgehead atoms. The first-order valence-electron chi connectivity index (χ1n) is 8.00. The third-order valence-corrected chi connectivity index (χ3v) is 4.30. The zero-order valence-corrected chi connectivity index (χ0v) is 14.6. The molecule has 0 atom stereocenters. The SMILES string of the molecule is O=C1/C(=C\c2ccc(-c3ccc(F)cc3)o2)NC(=S)N1c1ccccc1F. The van der Waals surface area contributed by atoms with Crippen LogP contribution in [0, 0.1) is 11.6 Å². The third kappa shape index (κ3) is 3.24. The van der Waals surface area contributed by atoms with Crippen LogP contribution in [0.25, 0.3) is 17.4 Å². The molecule has 2 aromatic carbocycles. The fourth-order valence-electron chi connectivity index (χ4n) is 2.73. The predicted octanol–water partition coefficient (Wildman–Crippen LogP) is 4.49. The Kier molecular flexibility index (Phi) is 4.29. The second-order valence-electron chi connectivity index (χ2n) is 5.79. The van der Waals surface area contributed by atoms with E-state index in [9.17, 15) is 13.6 Å². The Hall–Kier alpha value is -3.32. The predicted molar refractivity (Wildman–Crippen MR) is 102 cm³/mol. The Labute approximate surface area is 158 Å². The number of hydrogen-bond donors (Lipinski definition) is 1. The lowest BCUT2D eigenvalue weighted by molar-refractivity contribution is -0.113. The average molecular weight is 382 g/mol.